The Morgan fingerprint density at radius 3 is 1.33 bits per heavy atom. The van der Waals surface area contributed by atoms with E-state index < -0.39 is 0 Å². The molecule has 15 heavy (non-hydrogen) atoms. The topological polar surface area (TPSA) is 38.2 Å². The largest absolute Gasteiger partial charge is 3.00 e. The predicted molar refractivity (Wildman–Crippen MR) is 73.4 cm³/mol. The summed E-state index contributed by atoms with van der Waals surface area (Å²) in [5.74, 6) is 0. The average molecular weight is 316 g/mol. The number of hydrogen-bond acceptors (Lipinski definition) is 2. The Labute approximate surface area is 128 Å². The molecular formula is C8H23Cl3N3Ti. The number of nitrogens with one attached hydrogen (secondary N) is 2. The Hall–Kier alpha value is 1.46. The first-order chi connectivity index (χ1) is 4.50. The van der Waals surface area contributed by atoms with Crippen LogP contribution in [-0.2, 0) is 21.7 Å². The second-order valence-corrected chi connectivity index (χ2v) is 2.17. The maximum Gasteiger partial charge on any atom is 3.00 e. The molecule has 3 nitrogen and oxygen atoms in total. The Morgan fingerprint density at radius 2 is 1.00 bits per heavy atom. The van der Waals surface area contributed by atoms with Gasteiger partial charge in [-0.1, -0.05) is 0 Å². The van der Waals surface area contributed by atoms with E-state index in [0.717, 1.165) is 39.3 Å². The van der Waals surface area contributed by atoms with Crippen LogP contribution in [0.5, 0.6) is 0 Å². The van der Waals surface area contributed by atoms with E-state index in [4.69, 9.17) is 0 Å². The summed E-state index contributed by atoms with van der Waals surface area (Å²) in [7, 11) is 0. The van der Waals surface area contributed by atoms with Crippen molar-refractivity contribution < 1.29 is 21.7 Å². The zero-order chi connectivity index (χ0) is 6.36. The predicted octanol–water partition coefficient (Wildman–Crippen LogP) is 1.72. The molecular weight excluding hydrogens is 292 g/mol. The summed E-state index contributed by atoms with van der Waals surface area (Å²) in [5.41, 5.74) is 0. The van der Waals surface area contributed by atoms with Gasteiger partial charge in [0.15, 0.2) is 0 Å². The molecule has 0 aliphatic carbocycles. The third-order valence-electron chi connectivity index (χ3n) is 1.37. The van der Waals surface area contributed by atoms with Crippen LogP contribution in [0.2, 0.25) is 0 Å². The monoisotopic (exact) mass is 314 g/mol. The zero-order valence-electron chi connectivity index (χ0n) is 9.41. The van der Waals surface area contributed by atoms with Crippen molar-refractivity contribution in [3.8, 4) is 0 Å². The Balaban J connectivity index is -0.0000000337. The molecule has 1 heterocycles. The molecule has 1 rings (SSSR count). The van der Waals surface area contributed by atoms with Crippen LogP contribution in [0.4, 0.5) is 0 Å². The van der Waals surface area contributed by atoms with Crippen molar-refractivity contribution >= 4 is 37.2 Å². The van der Waals surface area contributed by atoms with Crippen molar-refractivity contribution in [1.29, 1.82) is 0 Å². The van der Waals surface area contributed by atoms with Gasteiger partial charge >= 0.3 is 21.7 Å². The van der Waals surface area contributed by atoms with Crippen molar-refractivity contribution in [2.75, 3.05) is 39.3 Å². The summed E-state index contributed by atoms with van der Waals surface area (Å²) >= 11 is 0. The van der Waals surface area contributed by atoms with E-state index in [2.05, 4.69) is 16.0 Å². The minimum atomic E-state index is 0. The van der Waals surface area contributed by atoms with Gasteiger partial charge in [0, 0.05) is 13.1 Å². The summed E-state index contributed by atoms with van der Waals surface area (Å²) in [4.78, 5) is 0. The van der Waals surface area contributed by atoms with Gasteiger partial charge < -0.3 is 30.8 Å². The maximum atomic E-state index is 4.27. The molecule has 2 N–H and O–H groups in total. The van der Waals surface area contributed by atoms with Gasteiger partial charge in [0.1, 0.15) is 0 Å². The Kier molecular flexibility index (Phi) is 70.8. The van der Waals surface area contributed by atoms with Crippen LogP contribution < -0.4 is 10.6 Å². The second kappa shape index (κ2) is 29.5. The number of hydrogen-bond donors (Lipinski definition) is 2. The fourth-order valence-electron chi connectivity index (χ4n) is 0.855. The van der Waals surface area contributed by atoms with Crippen LogP contribution in [0.15, 0.2) is 0 Å². The molecule has 0 aromatic rings. The molecule has 1 aliphatic heterocycles. The molecule has 1 saturated heterocycles. The molecule has 0 amide bonds. The molecule has 0 bridgehead atoms. The normalized spacial score (nSPS) is 14.4. The van der Waals surface area contributed by atoms with E-state index in [0.29, 0.717) is 0 Å². The van der Waals surface area contributed by atoms with Gasteiger partial charge in [0.05, 0.1) is 0 Å². The average Bonchev–Trinajstić information content (AvgIpc) is 2.00. The van der Waals surface area contributed by atoms with Crippen LogP contribution in [-0.4, -0.2) is 39.3 Å². The summed E-state index contributed by atoms with van der Waals surface area (Å²) < 4.78 is 0. The van der Waals surface area contributed by atoms with E-state index >= 15 is 0 Å². The van der Waals surface area contributed by atoms with Gasteiger partial charge in [-0.15, -0.1) is 50.3 Å². The van der Waals surface area contributed by atoms with E-state index in [1.54, 1.807) is 0 Å². The Morgan fingerprint density at radius 1 is 0.667 bits per heavy atom. The van der Waals surface area contributed by atoms with Gasteiger partial charge in [0.25, 0.3) is 0 Å². The SMILES string of the molecule is C1CNCCNCC[N-]1.Cl.Cl.Cl.[CH3-].[CH3-].[Ti+3]. The van der Waals surface area contributed by atoms with Gasteiger partial charge in [-0.05, 0) is 13.1 Å². The van der Waals surface area contributed by atoms with Crippen LogP contribution >= 0.6 is 37.2 Å². The molecule has 1 radical (unpaired) electrons. The second-order valence-electron chi connectivity index (χ2n) is 2.17. The van der Waals surface area contributed by atoms with Crippen molar-refractivity contribution in [3.05, 3.63) is 20.2 Å². The van der Waals surface area contributed by atoms with Gasteiger partial charge in [-0.2, -0.15) is 0 Å². The van der Waals surface area contributed by atoms with Crippen LogP contribution in [0.1, 0.15) is 0 Å². The summed E-state index contributed by atoms with van der Waals surface area (Å²) in [6.45, 7) is 6.19. The maximum absolute atomic E-state index is 4.27. The fraction of sp³-hybridized carbons (Fsp3) is 0.750. The van der Waals surface area contributed by atoms with Crippen molar-refractivity contribution in [1.82, 2.24) is 10.6 Å². The molecule has 7 heteroatoms. The first-order valence-electron chi connectivity index (χ1n) is 3.55. The van der Waals surface area contributed by atoms with Crippen LogP contribution in [0, 0.1) is 14.9 Å². The van der Waals surface area contributed by atoms with Gasteiger partial charge in [0.2, 0.25) is 0 Å². The fourth-order valence-corrected chi connectivity index (χ4v) is 0.855. The molecule has 0 atom stereocenters. The first-order valence-corrected chi connectivity index (χ1v) is 3.55. The van der Waals surface area contributed by atoms with Crippen LogP contribution in [0.25, 0.3) is 5.32 Å². The summed E-state index contributed by atoms with van der Waals surface area (Å²) in [6, 6.07) is 0. The van der Waals surface area contributed by atoms with Crippen LogP contribution in [0.3, 0.4) is 0 Å². The van der Waals surface area contributed by atoms with Crippen molar-refractivity contribution in [3.63, 3.8) is 0 Å². The zero-order valence-corrected chi connectivity index (χ0v) is 13.4. The molecule has 0 aromatic carbocycles. The molecule has 0 spiro atoms. The molecule has 95 valence electrons. The quantitative estimate of drug-likeness (QED) is 0.528. The number of rotatable bonds is 0. The molecule has 1 fully saturated rings. The number of halogens is 3. The Bertz CT molecular complexity index is 53.6. The summed E-state index contributed by atoms with van der Waals surface area (Å²) in [6.07, 6.45) is 0. The van der Waals surface area contributed by atoms with E-state index in [1.165, 1.54) is 0 Å². The third-order valence-corrected chi connectivity index (χ3v) is 1.37. The van der Waals surface area contributed by atoms with Gasteiger partial charge in [-0.25, -0.2) is 0 Å². The van der Waals surface area contributed by atoms with E-state index in [-0.39, 0.29) is 73.8 Å². The minimum Gasteiger partial charge on any atom is -0.660 e. The van der Waals surface area contributed by atoms with E-state index in [9.17, 15) is 0 Å². The first kappa shape index (κ1) is 36.0. The smallest absolute Gasteiger partial charge is 0.660 e. The van der Waals surface area contributed by atoms with E-state index in [1.807, 2.05) is 0 Å². The number of nitrogens with zero attached hydrogens (tertiary/aromatic N) is 1. The van der Waals surface area contributed by atoms with Crippen molar-refractivity contribution in [2.45, 2.75) is 0 Å². The molecule has 0 aromatic heterocycles. The molecule has 1 aliphatic rings. The molecule has 0 saturated carbocycles. The van der Waals surface area contributed by atoms with Crippen molar-refractivity contribution in [2.24, 2.45) is 0 Å². The summed E-state index contributed by atoms with van der Waals surface area (Å²) in [5, 5.41) is 10.8. The standard InChI is InChI=1S/C6H14N3.2CH3.3ClH.Ti/c1-2-8-5-6-9-4-3-7-1;;;;;;/h7-8H,1-6H2;2*1H3;3*1H;/q3*-1;;;;+3. The third kappa shape index (κ3) is 25.6. The minimum absolute atomic E-state index is 0. The molecule has 0 unspecified atom stereocenters. The van der Waals surface area contributed by atoms with Gasteiger partial charge in [-0.3, -0.25) is 0 Å².